The van der Waals surface area contributed by atoms with Gasteiger partial charge in [0, 0.05) is 5.56 Å². The van der Waals surface area contributed by atoms with E-state index in [4.69, 9.17) is 9.84 Å². The minimum Gasteiger partial charge on any atom is -0.479 e. The van der Waals surface area contributed by atoms with Crippen LogP contribution in [0.2, 0.25) is 0 Å². The first-order valence-electron chi connectivity index (χ1n) is 5.63. The third-order valence-corrected chi connectivity index (χ3v) is 2.53. The summed E-state index contributed by atoms with van der Waals surface area (Å²) in [5, 5.41) is 18.5. The predicted octanol–water partition coefficient (Wildman–Crippen LogP) is 2.29. The van der Waals surface area contributed by atoms with Crippen molar-refractivity contribution in [3.8, 4) is 5.75 Å². The van der Waals surface area contributed by atoms with Crippen molar-refractivity contribution in [2.24, 2.45) is 0 Å². The van der Waals surface area contributed by atoms with Crippen molar-refractivity contribution < 1.29 is 19.7 Å². The summed E-state index contributed by atoms with van der Waals surface area (Å²) in [7, 11) is 0. The van der Waals surface area contributed by atoms with Gasteiger partial charge >= 0.3 is 5.97 Å². The van der Waals surface area contributed by atoms with Gasteiger partial charge in [0.05, 0.1) is 6.10 Å². The van der Waals surface area contributed by atoms with Crippen LogP contribution in [-0.4, -0.2) is 22.3 Å². The minimum absolute atomic E-state index is 0.378. The van der Waals surface area contributed by atoms with Crippen molar-refractivity contribution in [1.29, 1.82) is 0 Å². The van der Waals surface area contributed by atoms with E-state index in [1.54, 1.807) is 26.0 Å². The van der Waals surface area contributed by atoms with E-state index in [1.165, 1.54) is 0 Å². The Balaban J connectivity index is 3.02. The molecule has 4 nitrogen and oxygen atoms in total. The second-order valence-corrected chi connectivity index (χ2v) is 4.07. The molecule has 0 spiro atoms. The highest BCUT2D eigenvalue weighted by Gasteiger charge is 2.19. The fourth-order valence-corrected chi connectivity index (χ4v) is 1.55. The number of carboxylic acids is 1. The van der Waals surface area contributed by atoms with Gasteiger partial charge in [-0.25, -0.2) is 4.79 Å². The quantitative estimate of drug-likeness (QED) is 0.826. The molecule has 0 saturated carbocycles. The fraction of sp³-hybridized carbons (Fsp3) is 0.462. The number of aliphatic hydroxyl groups is 1. The van der Waals surface area contributed by atoms with Crippen molar-refractivity contribution in [2.75, 3.05) is 0 Å². The van der Waals surface area contributed by atoms with Crippen LogP contribution in [0.4, 0.5) is 0 Å². The van der Waals surface area contributed by atoms with Crippen LogP contribution in [0.3, 0.4) is 0 Å². The molecule has 0 aromatic heterocycles. The Labute approximate surface area is 101 Å². The van der Waals surface area contributed by atoms with Gasteiger partial charge in [-0.3, -0.25) is 0 Å². The van der Waals surface area contributed by atoms with E-state index in [1.807, 2.05) is 13.0 Å². The summed E-state index contributed by atoms with van der Waals surface area (Å²) in [6.45, 7) is 5.26. The number of carboxylic acid groups (broad SMARTS) is 1. The van der Waals surface area contributed by atoms with Crippen molar-refractivity contribution in [2.45, 2.75) is 39.4 Å². The molecule has 2 N–H and O–H groups in total. The van der Waals surface area contributed by atoms with Gasteiger partial charge in [0.1, 0.15) is 5.75 Å². The molecular formula is C13H18O4. The number of hydrogen-bond acceptors (Lipinski definition) is 3. The second-order valence-electron chi connectivity index (χ2n) is 4.07. The van der Waals surface area contributed by atoms with Crippen molar-refractivity contribution in [3.63, 3.8) is 0 Å². The maximum absolute atomic E-state index is 10.9. The number of carbonyl (C=O) groups is 1. The number of rotatable bonds is 5. The summed E-state index contributed by atoms with van der Waals surface area (Å²) in [6.07, 6.45) is -1.19. The maximum Gasteiger partial charge on any atom is 0.344 e. The van der Waals surface area contributed by atoms with Crippen LogP contribution in [0.1, 0.15) is 37.5 Å². The zero-order valence-corrected chi connectivity index (χ0v) is 10.3. The summed E-state index contributed by atoms with van der Waals surface area (Å²) in [6, 6.07) is 5.36. The number of benzene rings is 1. The number of ether oxygens (including phenoxy) is 1. The van der Waals surface area contributed by atoms with Crippen LogP contribution in [0, 0.1) is 6.92 Å². The van der Waals surface area contributed by atoms with Gasteiger partial charge in [-0.2, -0.15) is 0 Å². The molecule has 4 heteroatoms. The summed E-state index contributed by atoms with van der Waals surface area (Å²) in [4.78, 5) is 10.9. The average Bonchev–Trinajstić information content (AvgIpc) is 2.25. The van der Waals surface area contributed by atoms with Gasteiger partial charge in [0.15, 0.2) is 6.10 Å². The van der Waals surface area contributed by atoms with Crippen molar-refractivity contribution in [3.05, 3.63) is 29.3 Å². The van der Waals surface area contributed by atoms with Crippen LogP contribution in [0.15, 0.2) is 18.2 Å². The van der Waals surface area contributed by atoms with E-state index in [9.17, 15) is 9.90 Å². The zero-order chi connectivity index (χ0) is 13.0. The number of hydrogen-bond donors (Lipinski definition) is 2. The van der Waals surface area contributed by atoms with Crippen LogP contribution in [0.25, 0.3) is 0 Å². The normalized spacial score (nSPS) is 14.1. The average molecular weight is 238 g/mol. The Bertz CT molecular complexity index is 398. The lowest BCUT2D eigenvalue weighted by Gasteiger charge is -2.18. The third kappa shape index (κ3) is 3.46. The Hall–Kier alpha value is -1.55. The number of aliphatic hydroxyl groups excluding tert-OH is 1. The summed E-state index contributed by atoms with van der Waals surface area (Å²) < 4.78 is 5.44. The van der Waals surface area contributed by atoms with Gasteiger partial charge in [-0.05, 0) is 31.9 Å². The molecule has 94 valence electrons. The zero-order valence-electron chi connectivity index (χ0n) is 10.3. The van der Waals surface area contributed by atoms with E-state index >= 15 is 0 Å². The first kappa shape index (κ1) is 13.5. The van der Waals surface area contributed by atoms with Crippen LogP contribution >= 0.6 is 0 Å². The predicted molar refractivity (Wildman–Crippen MR) is 64.2 cm³/mol. The summed E-state index contributed by atoms with van der Waals surface area (Å²) >= 11 is 0. The SMILES string of the molecule is CCC(Oc1cc(C)ccc1[C@H](C)O)C(=O)O. The van der Waals surface area contributed by atoms with E-state index < -0.39 is 18.2 Å². The lowest BCUT2D eigenvalue weighted by molar-refractivity contribution is -0.145. The Morgan fingerprint density at radius 3 is 2.59 bits per heavy atom. The van der Waals surface area contributed by atoms with E-state index in [0.717, 1.165) is 5.56 Å². The van der Waals surface area contributed by atoms with Crippen LogP contribution in [-0.2, 0) is 4.79 Å². The molecule has 0 fully saturated rings. The van der Waals surface area contributed by atoms with Crippen molar-refractivity contribution >= 4 is 5.97 Å². The molecule has 0 saturated heterocycles. The summed E-state index contributed by atoms with van der Waals surface area (Å²) in [5.74, 6) is -0.556. The number of aryl methyl sites for hydroxylation is 1. The van der Waals surface area contributed by atoms with Gasteiger partial charge in [-0.1, -0.05) is 19.1 Å². The Morgan fingerprint density at radius 1 is 1.47 bits per heavy atom. The number of aliphatic carboxylic acids is 1. The molecular weight excluding hydrogens is 220 g/mol. The molecule has 0 aliphatic carbocycles. The molecule has 1 unspecified atom stereocenters. The van der Waals surface area contributed by atoms with Crippen molar-refractivity contribution in [1.82, 2.24) is 0 Å². The molecule has 0 heterocycles. The van der Waals surface area contributed by atoms with Gasteiger partial charge in [0.2, 0.25) is 0 Å². The van der Waals surface area contributed by atoms with Crippen LogP contribution < -0.4 is 4.74 Å². The Morgan fingerprint density at radius 2 is 2.12 bits per heavy atom. The lowest BCUT2D eigenvalue weighted by atomic mass is 10.1. The lowest BCUT2D eigenvalue weighted by Crippen LogP contribution is -2.26. The first-order valence-corrected chi connectivity index (χ1v) is 5.63. The third-order valence-electron chi connectivity index (χ3n) is 2.53. The monoisotopic (exact) mass is 238 g/mol. The highest BCUT2D eigenvalue weighted by Crippen LogP contribution is 2.27. The summed E-state index contributed by atoms with van der Waals surface area (Å²) in [5.41, 5.74) is 1.57. The second kappa shape index (κ2) is 5.68. The van der Waals surface area contributed by atoms with E-state index in [-0.39, 0.29) is 0 Å². The molecule has 0 aliphatic rings. The molecule has 1 aromatic rings. The van der Waals surface area contributed by atoms with Crippen LogP contribution in [0.5, 0.6) is 5.75 Å². The molecule has 0 amide bonds. The molecule has 0 bridgehead atoms. The smallest absolute Gasteiger partial charge is 0.344 e. The standard InChI is InChI=1S/C13H18O4/c1-4-11(13(15)16)17-12-7-8(2)5-6-10(12)9(3)14/h5-7,9,11,14H,4H2,1-3H3,(H,15,16)/t9-,11?/m0/s1. The molecule has 1 rings (SSSR count). The highest BCUT2D eigenvalue weighted by molar-refractivity contribution is 5.72. The largest absolute Gasteiger partial charge is 0.479 e. The minimum atomic E-state index is -0.995. The van der Waals surface area contributed by atoms with E-state index in [2.05, 4.69) is 0 Å². The molecule has 2 atom stereocenters. The molecule has 1 aromatic carbocycles. The highest BCUT2D eigenvalue weighted by atomic mass is 16.5. The van der Waals surface area contributed by atoms with E-state index in [0.29, 0.717) is 17.7 Å². The maximum atomic E-state index is 10.9. The molecule has 0 aliphatic heterocycles. The molecule has 0 radical (unpaired) electrons. The molecule has 17 heavy (non-hydrogen) atoms. The van der Waals surface area contributed by atoms with Gasteiger partial charge in [-0.15, -0.1) is 0 Å². The fourth-order valence-electron chi connectivity index (χ4n) is 1.55. The topological polar surface area (TPSA) is 66.8 Å². The van der Waals surface area contributed by atoms with Gasteiger partial charge in [0.25, 0.3) is 0 Å². The first-order chi connectivity index (χ1) is 7.95. The van der Waals surface area contributed by atoms with Gasteiger partial charge < -0.3 is 14.9 Å². The Kier molecular flexibility index (Phi) is 4.52.